The van der Waals surface area contributed by atoms with Gasteiger partial charge in [-0.3, -0.25) is 19.0 Å². The fourth-order valence-corrected chi connectivity index (χ4v) is 4.34. The molecule has 2 aromatic heterocycles. The summed E-state index contributed by atoms with van der Waals surface area (Å²) < 4.78 is 2.82. The van der Waals surface area contributed by atoms with Crippen molar-refractivity contribution in [3.05, 3.63) is 33.8 Å². The van der Waals surface area contributed by atoms with Crippen molar-refractivity contribution >= 4 is 23.5 Å². The second-order valence-electron chi connectivity index (χ2n) is 10.1. The van der Waals surface area contributed by atoms with Gasteiger partial charge in [-0.25, -0.2) is 0 Å². The van der Waals surface area contributed by atoms with Crippen molar-refractivity contribution in [3.63, 3.8) is 0 Å². The molecule has 0 bridgehead atoms. The number of rotatable bonds is 6. The molecular formula is C24H33N5O4. The molecule has 2 amide bonds. The van der Waals surface area contributed by atoms with Crippen molar-refractivity contribution in [3.8, 4) is 5.88 Å². The first-order valence-corrected chi connectivity index (χ1v) is 11.7. The van der Waals surface area contributed by atoms with Gasteiger partial charge in [-0.15, -0.1) is 0 Å². The summed E-state index contributed by atoms with van der Waals surface area (Å²) in [5, 5.41) is 17.9. The van der Waals surface area contributed by atoms with E-state index in [4.69, 9.17) is 0 Å². The topological polar surface area (TPSA) is 109 Å². The van der Waals surface area contributed by atoms with Crippen LogP contribution in [0.1, 0.15) is 69.3 Å². The van der Waals surface area contributed by atoms with E-state index in [-0.39, 0.29) is 28.8 Å². The average Bonchev–Trinajstić information content (AvgIpc) is 3.45. The zero-order chi connectivity index (χ0) is 23.9. The summed E-state index contributed by atoms with van der Waals surface area (Å²) in [6.07, 6.45) is 9.11. The Morgan fingerprint density at radius 3 is 2.55 bits per heavy atom. The second kappa shape index (κ2) is 8.68. The fraction of sp³-hybridized carbons (Fsp3) is 0.583. The van der Waals surface area contributed by atoms with Gasteiger partial charge in [-0.1, -0.05) is 32.9 Å². The maximum atomic E-state index is 13.3. The van der Waals surface area contributed by atoms with Crippen LogP contribution in [0.25, 0.3) is 11.7 Å². The molecule has 1 aliphatic carbocycles. The molecule has 1 aliphatic heterocycles. The molecule has 0 unspecified atom stereocenters. The third-order valence-corrected chi connectivity index (χ3v) is 6.61. The Balaban J connectivity index is 1.73. The van der Waals surface area contributed by atoms with Crippen LogP contribution in [0.4, 0.5) is 0 Å². The fourth-order valence-electron chi connectivity index (χ4n) is 4.34. The number of aromatic nitrogens is 3. The van der Waals surface area contributed by atoms with Crippen molar-refractivity contribution in [1.29, 1.82) is 0 Å². The van der Waals surface area contributed by atoms with Crippen molar-refractivity contribution in [1.82, 2.24) is 24.4 Å². The van der Waals surface area contributed by atoms with Crippen LogP contribution in [-0.2, 0) is 11.3 Å². The van der Waals surface area contributed by atoms with Crippen LogP contribution in [0.3, 0.4) is 0 Å². The number of nitrogens with one attached hydrogen (secondary N) is 1. The van der Waals surface area contributed by atoms with E-state index < -0.39 is 17.3 Å². The van der Waals surface area contributed by atoms with Gasteiger partial charge >= 0.3 is 0 Å². The highest BCUT2D eigenvalue weighted by molar-refractivity contribution is 5.96. The molecule has 4 rings (SSSR count). The number of fused-ring (bicyclic) bond motifs is 1. The molecule has 2 fully saturated rings. The highest BCUT2D eigenvalue weighted by Crippen LogP contribution is 2.33. The second-order valence-corrected chi connectivity index (χ2v) is 10.1. The minimum Gasteiger partial charge on any atom is -0.492 e. The summed E-state index contributed by atoms with van der Waals surface area (Å²) in [5.41, 5.74) is 0.304. The highest BCUT2D eigenvalue weighted by Gasteiger charge is 2.31. The minimum atomic E-state index is -0.559. The molecule has 2 N–H and O–H groups in total. The number of carbonyl (C=O) groups excluding carboxylic acids is 2. The van der Waals surface area contributed by atoms with Crippen LogP contribution in [-0.4, -0.2) is 55.1 Å². The van der Waals surface area contributed by atoms with Gasteiger partial charge in [0, 0.05) is 38.2 Å². The van der Waals surface area contributed by atoms with Crippen LogP contribution in [0, 0.1) is 11.3 Å². The van der Waals surface area contributed by atoms with Crippen molar-refractivity contribution in [2.24, 2.45) is 11.3 Å². The Morgan fingerprint density at radius 1 is 1.30 bits per heavy atom. The summed E-state index contributed by atoms with van der Waals surface area (Å²) in [7, 11) is 0. The SMILES string of the molecule is CC(=O)N1CCC(C)(/C=C/c2cnn3c(O)c(C(=O)NC4CC4)c(=O)n(CC(C)C)c23)CC1. The summed E-state index contributed by atoms with van der Waals surface area (Å²) in [5.74, 6) is -0.751. The molecule has 0 atom stereocenters. The first-order chi connectivity index (χ1) is 15.6. The van der Waals surface area contributed by atoms with Crippen LogP contribution in [0.2, 0.25) is 0 Å². The molecule has 2 aromatic rings. The van der Waals surface area contributed by atoms with Gasteiger partial charge in [0.15, 0.2) is 5.56 Å². The van der Waals surface area contributed by atoms with E-state index in [9.17, 15) is 19.5 Å². The standard InChI is InChI=1S/C24H33N5O4/c1-15(2)14-28-21-17(7-8-24(4)9-11-27(12-10-24)16(3)30)13-25-29(21)23(33)19(22(28)32)20(31)26-18-5-6-18/h7-8,13,15,18,33H,5-6,9-12,14H2,1-4H3,(H,26,31)/b8-7+. The first-order valence-electron chi connectivity index (χ1n) is 11.7. The molecule has 33 heavy (non-hydrogen) atoms. The van der Waals surface area contributed by atoms with Crippen LogP contribution >= 0.6 is 0 Å². The Hall–Kier alpha value is -3.10. The van der Waals surface area contributed by atoms with Gasteiger partial charge in [0.25, 0.3) is 11.5 Å². The van der Waals surface area contributed by atoms with E-state index in [0.717, 1.165) is 25.7 Å². The van der Waals surface area contributed by atoms with Crippen molar-refractivity contribution in [2.45, 2.75) is 66.0 Å². The normalized spacial score (nSPS) is 18.4. The molecule has 3 heterocycles. The molecule has 9 heteroatoms. The lowest BCUT2D eigenvalue weighted by Gasteiger charge is -2.37. The zero-order valence-electron chi connectivity index (χ0n) is 19.8. The number of nitrogens with zero attached hydrogens (tertiary/aromatic N) is 4. The Labute approximate surface area is 193 Å². The number of likely N-dealkylation sites (tertiary alicyclic amines) is 1. The molecule has 1 saturated heterocycles. The van der Waals surface area contributed by atoms with Gasteiger partial charge in [0.2, 0.25) is 11.8 Å². The molecule has 9 nitrogen and oxygen atoms in total. The zero-order valence-corrected chi connectivity index (χ0v) is 19.8. The van der Waals surface area contributed by atoms with Crippen LogP contribution in [0.5, 0.6) is 5.88 Å². The number of aromatic hydroxyl groups is 1. The minimum absolute atomic E-state index is 0.0665. The number of amides is 2. The monoisotopic (exact) mass is 455 g/mol. The van der Waals surface area contributed by atoms with Gasteiger partial charge in [0.05, 0.1) is 6.20 Å². The van der Waals surface area contributed by atoms with E-state index in [1.54, 1.807) is 17.7 Å². The Kier molecular flexibility index (Phi) is 6.07. The Bertz CT molecular complexity index is 1160. The quantitative estimate of drug-likeness (QED) is 0.695. The van der Waals surface area contributed by atoms with E-state index in [2.05, 4.69) is 23.4 Å². The summed E-state index contributed by atoms with van der Waals surface area (Å²) >= 11 is 0. The van der Waals surface area contributed by atoms with E-state index in [1.165, 1.54) is 4.52 Å². The predicted molar refractivity (Wildman–Crippen MR) is 125 cm³/mol. The van der Waals surface area contributed by atoms with Gasteiger partial charge < -0.3 is 15.3 Å². The summed E-state index contributed by atoms with van der Waals surface area (Å²) in [6.45, 7) is 9.56. The molecular weight excluding hydrogens is 422 g/mol. The Morgan fingerprint density at radius 2 is 1.97 bits per heavy atom. The number of allylic oxidation sites excluding steroid dienone is 1. The highest BCUT2D eigenvalue weighted by atomic mass is 16.3. The summed E-state index contributed by atoms with van der Waals surface area (Å²) in [4.78, 5) is 39.5. The van der Waals surface area contributed by atoms with Gasteiger partial charge in [-0.2, -0.15) is 9.61 Å². The average molecular weight is 456 g/mol. The largest absolute Gasteiger partial charge is 0.492 e. The molecule has 0 spiro atoms. The lowest BCUT2D eigenvalue weighted by atomic mass is 9.80. The van der Waals surface area contributed by atoms with Gasteiger partial charge in [-0.05, 0) is 37.0 Å². The predicted octanol–water partition coefficient (Wildman–Crippen LogP) is 2.41. The van der Waals surface area contributed by atoms with Crippen LogP contribution in [0.15, 0.2) is 17.1 Å². The summed E-state index contributed by atoms with van der Waals surface area (Å²) in [6, 6.07) is 0.0665. The maximum Gasteiger partial charge on any atom is 0.270 e. The number of piperidine rings is 1. The molecule has 1 saturated carbocycles. The number of hydrogen-bond acceptors (Lipinski definition) is 5. The molecule has 0 radical (unpaired) electrons. The lowest BCUT2D eigenvalue weighted by Crippen LogP contribution is -2.40. The van der Waals surface area contributed by atoms with Crippen molar-refractivity contribution in [2.75, 3.05) is 13.1 Å². The van der Waals surface area contributed by atoms with E-state index in [0.29, 0.717) is 30.8 Å². The molecule has 0 aromatic carbocycles. The first kappa shape index (κ1) is 23.1. The maximum absolute atomic E-state index is 13.3. The van der Waals surface area contributed by atoms with E-state index >= 15 is 0 Å². The van der Waals surface area contributed by atoms with Crippen LogP contribution < -0.4 is 10.9 Å². The van der Waals surface area contributed by atoms with Crippen molar-refractivity contribution < 1.29 is 14.7 Å². The number of carbonyl (C=O) groups is 2. The molecule has 2 aliphatic rings. The smallest absolute Gasteiger partial charge is 0.270 e. The number of hydrogen-bond donors (Lipinski definition) is 2. The third-order valence-electron chi connectivity index (χ3n) is 6.61. The van der Waals surface area contributed by atoms with E-state index in [1.807, 2.05) is 24.8 Å². The van der Waals surface area contributed by atoms with Gasteiger partial charge in [0.1, 0.15) is 5.65 Å². The third kappa shape index (κ3) is 4.67. The molecule has 178 valence electrons. The lowest BCUT2D eigenvalue weighted by molar-refractivity contribution is -0.130.